The van der Waals surface area contributed by atoms with Crippen LogP contribution in [0.25, 0.3) is 10.9 Å². The molecule has 3 rings (SSSR count). The van der Waals surface area contributed by atoms with Crippen LogP contribution in [0.3, 0.4) is 0 Å². The number of aromatic nitrogens is 1. The molecule has 2 nitrogen and oxygen atoms in total. The van der Waals surface area contributed by atoms with Gasteiger partial charge in [-0.25, -0.2) is 0 Å². The molecule has 3 heteroatoms. The largest absolute Gasteiger partial charge is 0.388 e. The van der Waals surface area contributed by atoms with E-state index < -0.39 is 6.10 Å². The van der Waals surface area contributed by atoms with Crippen molar-refractivity contribution in [3.8, 4) is 0 Å². The van der Waals surface area contributed by atoms with Crippen LogP contribution in [0.2, 0.25) is 5.02 Å². The van der Waals surface area contributed by atoms with Gasteiger partial charge in [0.1, 0.15) is 0 Å². The Kier molecular flexibility index (Phi) is 3.68. The van der Waals surface area contributed by atoms with Gasteiger partial charge in [-0.05, 0) is 23.8 Å². The first-order valence-electron chi connectivity index (χ1n) is 6.50. The van der Waals surface area contributed by atoms with Crippen molar-refractivity contribution in [1.29, 1.82) is 0 Å². The highest BCUT2D eigenvalue weighted by atomic mass is 35.5. The third-order valence-electron chi connectivity index (χ3n) is 3.34. The Hall–Kier alpha value is -1.90. The lowest BCUT2D eigenvalue weighted by molar-refractivity contribution is 0.180. The number of hydrogen-bond donors (Lipinski definition) is 1. The van der Waals surface area contributed by atoms with Gasteiger partial charge in [0, 0.05) is 28.6 Å². The maximum atomic E-state index is 10.5. The highest BCUT2D eigenvalue weighted by Crippen LogP contribution is 2.25. The fourth-order valence-corrected chi connectivity index (χ4v) is 2.61. The zero-order chi connectivity index (χ0) is 13.9. The molecule has 0 saturated carbocycles. The van der Waals surface area contributed by atoms with Gasteiger partial charge in [-0.1, -0.05) is 48.0 Å². The molecular weight excluding hydrogens is 270 g/mol. The van der Waals surface area contributed by atoms with Crippen molar-refractivity contribution in [1.82, 2.24) is 4.98 Å². The second-order valence-electron chi connectivity index (χ2n) is 4.77. The van der Waals surface area contributed by atoms with Gasteiger partial charge in [-0.2, -0.15) is 0 Å². The van der Waals surface area contributed by atoms with Gasteiger partial charge in [0.15, 0.2) is 0 Å². The first kappa shape index (κ1) is 13.1. The molecule has 0 bridgehead atoms. The average molecular weight is 284 g/mol. The average Bonchev–Trinajstić information content (AvgIpc) is 2.46. The number of halogens is 1. The number of nitrogens with zero attached hydrogens (tertiary/aromatic N) is 1. The van der Waals surface area contributed by atoms with Gasteiger partial charge in [0.25, 0.3) is 0 Å². The number of hydrogen-bond acceptors (Lipinski definition) is 2. The van der Waals surface area contributed by atoms with Crippen molar-refractivity contribution in [2.75, 3.05) is 0 Å². The Bertz CT molecular complexity index is 736. The second-order valence-corrected chi connectivity index (χ2v) is 5.21. The minimum atomic E-state index is -0.591. The fraction of sp³-hybridized carbons (Fsp3) is 0.118. The summed E-state index contributed by atoms with van der Waals surface area (Å²) in [6.45, 7) is 0. The molecule has 100 valence electrons. The van der Waals surface area contributed by atoms with E-state index in [2.05, 4.69) is 4.98 Å². The van der Waals surface area contributed by atoms with Gasteiger partial charge in [-0.3, -0.25) is 4.98 Å². The molecule has 20 heavy (non-hydrogen) atoms. The summed E-state index contributed by atoms with van der Waals surface area (Å²) in [7, 11) is 0. The molecule has 0 saturated heterocycles. The Morgan fingerprint density at radius 1 is 1.05 bits per heavy atom. The molecule has 1 atom stereocenters. The molecule has 1 aromatic heterocycles. The Morgan fingerprint density at radius 2 is 1.85 bits per heavy atom. The van der Waals surface area contributed by atoms with Crippen LogP contribution in [0.1, 0.15) is 17.2 Å². The van der Waals surface area contributed by atoms with E-state index in [0.29, 0.717) is 11.4 Å². The molecular formula is C17H14ClNO. The lowest BCUT2D eigenvalue weighted by atomic mass is 9.99. The van der Waals surface area contributed by atoms with Gasteiger partial charge in [0.05, 0.1) is 11.6 Å². The van der Waals surface area contributed by atoms with Crippen molar-refractivity contribution < 1.29 is 5.11 Å². The normalized spacial score (nSPS) is 12.5. The third kappa shape index (κ3) is 2.67. The van der Waals surface area contributed by atoms with Crippen LogP contribution in [0.4, 0.5) is 0 Å². The minimum Gasteiger partial charge on any atom is -0.388 e. The van der Waals surface area contributed by atoms with Gasteiger partial charge in [0.2, 0.25) is 0 Å². The standard InChI is InChI=1S/C17H14ClNO/c18-14-7-1-4-12(10-14)11-16(20)15-8-2-5-13-6-3-9-19-17(13)15/h1-10,16,20H,11H2. The molecule has 0 aliphatic heterocycles. The van der Waals surface area contributed by atoms with Crippen molar-refractivity contribution >= 4 is 22.5 Å². The zero-order valence-electron chi connectivity index (χ0n) is 10.8. The molecule has 0 spiro atoms. The summed E-state index contributed by atoms with van der Waals surface area (Å²) < 4.78 is 0. The van der Waals surface area contributed by atoms with Crippen LogP contribution in [0, 0.1) is 0 Å². The van der Waals surface area contributed by atoms with Crippen molar-refractivity contribution in [2.24, 2.45) is 0 Å². The number of pyridine rings is 1. The Labute approximate surface area is 122 Å². The lowest BCUT2D eigenvalue weighted by Crippen LogP contribution is -2.03. The molecule has 1 N–H and O–H groups in total. The van der Waals surface area contributed by atoms with Crippen LogP contribution in [-0.4, -0.2) is 10.1 Å². The molecule has 3 aromatic rings. The number of rotatable bonds is 3. The SMILES string of the molecule is OC(Cc1cccc(Cl)c1)c1cccc2cccnc12. The Balaban J connectivity index is 1.94. The van der Waals surface area contributed by atoms with Crippen molar-refractivity contribution in [2.45, 2.75) is 12.5 Å². The van der Waals surface area contributed by atoms with Crippen LogP contribution >= 0.6 is 11.6 Å². The predicted octanol–water partition coefficient (Wildman–Crippen LogP) is 4.16. The number of aliphatic hydroxyl groups excluding tert-OH is 1. The lowest BCUT2D eigenvalue weighted by Gasteiger charge is -2.13. The first-order valence-corrected chi connectivity index (χ1v) is 6.88. The number of aliphatic hydroxyl groups is 1. The minimum absolute atomic E-state index is 0.524. The summed E-state index contributed by atoms with van der Waals surface area (Å²) in [5.74, 6) is 0. The van der Waals surface area contributed by atoms with E-state index in [9.17, 15) is 5.11 Å². The van der Waals surface area contributed by atoms with E-state index in [1.807, 2.05) is 54.6 Å². The van der Waals surface area contributed by atoms with E-state index >= 15 is 0 Å². The summed E-state index contributed by atoms with van der Waals surface area (Å²) in [6, 6.07) is 17.3. The number of fused-ring (bicyclic) bond motifs is 1. The van der Waals surface area contributed by atoms with Crippen LogP contribution < -0.4 is 0 Å². The third-order valence-corrected chi connectivity index (χ3v) is 3.58. The summed E-state index contributed by atoms with van der Waals surface area (Å²) in [5.41, 5.74) is 2.71. The topological polar surface area (TPSA) is 33.1 Å². The monoisotopic (exact) mass is 283 g/mol. The highest BCUT2D eigenvalue weighted by Gasteiger charge is 2.12. The van der Waals surface area contributed by atoms with E-state index in [1.165, 1.54) is 0 Å². The van der Waals surface area contributed by atoms with E-state index in [1.54, 1.807) is 6.20 Å². The predicted molar refractivity (Wildman–Crippen MR) is 81.9 cm³/mol. The number of benzene rings is 2. The van der Waals surface area contributed by atoms with Crippen molar-refractivity contribution in [3.63, 3.8) is 0 Å². The van der Waals surface area contributed by atoms with Gasteiger partial charge >= 0.3 is 0 Å². The summed E-state index contributed by atoms with van der Waals surface area (Å²) in [4.78, 5) is 4.38. The van der Waals surface area contributed by atoms with E-state index in [0.717, 1.165) is 22.0 Å². The van der Waals surface area contributed by atoms with E-state index in [-0.39, 0.29) is 0 Å². The first-order chi connectivity index (χ1) is 9.74. The quantitative estimate of drug-likeness (QED) is 0.783. The maximum absolute atomic E-state index is 10.5. The zero-order valence-corrected chi connectivity index (χ0v) is 11.6. The number of para-hydroxylation sites is 1. The smallest absolute Gasteiger partial charge is 0.0851 e. The molecule has 0 aliphatic rings. The molecule has 0 fully saturated rings. The van der Waals surface area contributed by atoms with Gasteiger partial charge < -0.3 is 5.11 Å². The van der Waals surface area contributed by atoms with Crippen LogP contribution in [0.5, 0.6) is 0 Å². The molecule has 2 aromatic carbocycles. The summed E-state index contributed by atoms with van der Waals surface area (Å²) in [5, 5.41) is 12.2. The van der Waals surface area contributed by atoms with E-state index in [4.69, 9.17) is 11.6 Å². The van der Waals surface area contributed by atoms with Crippen LogP contribution in [-0.2, 0) is 6.42 Å². The van der Waals surface area contributed by atoms with Gasteiger partial charge in [-0.15, -0.1) is 0 Å². The Morgan fingerprint density at radius 3 is 2.70 bits per heavy atom. The summed E-state index contributed by atoms with van der Waals surface area (Å²) in [6.07, 6.45) is 1.68. The van der Waals surface area contributed by atoms with Crippen molar-refractivity contribution in [3.05, 3.63) is 76.9 Å². The highest BCUT2D eigenvalue weighted by molar-refractivity contribution is 6.30. The van der Waals surface area contributed by atoms with Crippen LogP contribution in [0.15, 0.2) is 60.8 Å². The molecule has 0 radical (unpaired) electrons. The molecule has 1 unspecified atom stereocenters. The molecule has 0 aliphatic carbocycles. The maximum Gasteiger partial charge on any atom is 0.0851 e. The fourth-order valence-electron chi connectivity index (χ4n) is 2.39. The summed E-state index contributed by atoms with van der Waals surface area (Å²) >= 11 is 5.98. The molecule has 1 heterocycles. The molecule has 0 amide bonds. The second kappa shape index (κ2) is 5.61.